The highest BCUT2D eigenvalue weighted by molar-refractivity contribution is 7.99. The Balaban J connectivity index is 1.72. The Hall–Kier alpha value is -0.950. The van der Waals surface area contributed by atoms with Crippen molar-refractivity contribution in [3.63, 3.8) is 0 Å². The molecule has 0 aliphatic carbocycles. The van der Waals surface area contributed by atoms with Crippen molar-refractivity contribution >= 4 is 23.8 Å². The highest BCUT2D eigenvalue weighted by atomic mass is 32.2. The maximum absolute atomic E-state index is 12.0. The minimum Gasteiger partial charge on any atom is -0.480 e. The van der Waals surface area contributed by atoms with E-state index in [0.29, 0.717) is 24.1 Å². The van der Waals surface area contributed by atoms with Gasteiger partial charge in [-0.3, -0.25) is 0 Å². The lowest BCUT2D eigenvalue weighted by molar-refractivity contribution is -0.140. The summed E-state index contributed by atoms with van der Waals surface area (Å²) in [7, 11) is 0. The van der Waals surface area contributed by atoms with Gasteiger partial charge in [0, 0.05) is 18.8 Å². The Morgan fingerprint density at radius 3 is 2.75 bits per heavy atom. The molecule has 114 valence electrons. The number of carbonyl (C=O) groups is 2. The van der Waals surface area contributed by atoms with Crippen LogP contribution in [0.1, 0.15) is 19.8 Å². The molecule has 2 amide bonds. The van der Waals surface area contributed by atoms with Crippen molar-refractivity contribution in [3.05, 3.63) is 0 Å². The van der Waals surface area contributed by atoms with E-state index in [1.807, 2.05) is 0 Å². The van der Waals surface area contributed by atoms with Gasteiger partial charge < -0.3 is 20.2 Å². The summed E-state index contributed by atoms with van der Waals surface area (Å²) < 4.78 is 0. The van der Waals surface area contributed by atoms with Crippen LogP contribution < -0.4 is 5.32 Å². The summed E-state index contributed by atoms with van der Waals surface area (Å²) >= 11 is 1.48. The zero-order valence-corrected chi connectivity index (χ0v) is 12.7. The van der Waals surface area contributed by atoms with Crippen molar-refractivity contribution < 1.29 is 14.7 Å². The molecule has 2 aliphatic rings. The van der Waals surface area contributed by atoms with Gasteiger partial charge in [-0.15, -0.1) is 11.8 Å². The number of nitrogens with one attached hydrogen (secondary N) is 1. The number of hydrogen-bond acceptors (Lipinski definition) is 4. The van der Waals surface area contributed by atoms with Gasteiger partial charge in [0.1, 0.15) is 6.04 Å². The standard InChI is InChI=1S/C13H23N3O3S/c1-10(7-15-4-2-3-5-15)6-14-13(19)16-9-20-8-11(16)12(17)18/h10-11H,2-9H2,1H3,(H,14,19)(H,17,18)/t10?,11-/m0/s1. The minimum absolute atomic E-state index is 0.254. The van der Waals surface area contributed by atoms with Crippen LogP contribution in [-0.2, 0) is 4.79 Å². The molecule has 2 aliphatic heterocycles. The molecule has 20 heavy (non-hydrogen) atoms. The Morgan fingerprint density at radius 1 is 1.40 bits per heavy atom. The van der Waals surface area contributed by atoms with Gasteiger partial charge in [0.25, 0.3) is 0 Å². The topological polar surface area (TPSA) is 72.9 Å². The second-order valence-electron chi connectivity index (χ2n) is 5.62. The van der Waals surface area contributed by atoms with Crippen LogP contribution in [0.3, 0.4) is 0 Å². The Bertz CT molecular complexity index is 361. The summed E-state index contributed by atoms with van der Waals surface area (Å²) in [6.45, 7) is 6.02. The zero-order chi connectivity index (χ0) is 14.5. The van der Waals surface area contributed by atoms with Crippen molar-refractivity contribution in [1.82, 2.24) is 15.1 Å². The Morgan fingerprint density at radius 2 is 2.10 bits per heavy atom. The molecule has 0 bridgehead atoms. The lowest BCUT2D eigenvalue weighted by Crippen LogP contribution is -2.48. The maximum atomic E-state index is 12.0. The van der Waals surface area contributed by atoms with E-state index < -0.39 is 12.0 Å². The highest BCUT2D eigenvalue weighted by Crippen LogP contribution is 2.21. The summed E-state index contributed by atoms with van der Waals surface area (Å²) in [5.74, 6) is 0.404. The molecule has 6 nitrogen and oxygen atoms in total. The first-order valence-corrected chi connectivity index (χ1v) is 8.30. The number of nitrogens with zero attached hydrogens (tertiary/aromatic N) is 2. The molecule has 2 rings (SSSR count). The van der Waals surface area contributed by atoms with E-state index in [1.54, 1.807) is 0 Å². The van der Waals surface area contributed by atoms with Gasteiger partial charge in [0.2, 0.25) is 0 Å². The molecule has 2 fully saturated rings. The summed E-state index contributed by atoms with van der Waals surface area (Å²) in [6, 6.07) is -0.940. The fraction of sp³-hybridized carbons (Fsp3) is 0.846. The fourth-order valence-electron chi connectivity index (χ4n) is 2.68. The van der Waals surface area contributed by atoms with Crippen molar-refractivity contribution in [1.29, 1.82) is 0 Å². The molecular weight excluding hydrogens is 278 g/mol. The molecular formula is C13H23N3O3S. The molecule has 2 saturated heterocycles. The van der Waals surface area contributed by atoms with E-state index in [2.05, 4.69) is 17.1 Å². The number of hydrogen-bond donors (Lipinski definition) is 2. The molecule has 0 saturated carbocycles. The van der Waals surface area contributed by atoms with Crippen LogP contribution in [0.25, 0.3) is 0 Å². The van der Waals surface area contributed by atoms with Crippen LogP contribution in [0, 0.1) is 5.92 Å². The average Bonchev–Trinajstić information content (AvgIpc) is 3.06. The third kappa shape index (κ3) is 4.02. The molecule has 0 aromatic rings. The molecule has 2 atom stereocenters. The molecule has 2 heterocycles. The smallest absolute Gasteiger partial charge is 0.327 e. The van der Waals surface area contributed by atoms with Gasteiger partial charge in [-0.1, -0.05) is 6.92 Å². The second kappa shape index (κ2) is 7.17. The number of amides is 2. The van der Waals surface area contributed by atoms with Gasteiger partial charge in [0.05, 0.1) is 5.88 Å². The monoisotopic (exact) mass is 301 g/mol. The lowest BCUT2D eigenvalue weighted by atomic mass is 10.1. The number of carboxylic acid groups (broad SMARTS) is 1. The average molecular weight is 301 g/mol. The van der Waals surface area contributed by atoms with Crippen molar-refractivity contribution in [2.24, 2.45) is 5.92 Å². The van der Waals surface area contributed by atoms with Crippen LogP contribution >= 0.6 is 11.8 Å². The van der Waals surface area contributed by atoms with Crippen molar-refractivity contribution in [2.75, 3.05) is 37.8 Å². The van der Waals surface area contributed by atoms with Crippen LogP contribution in [0.4, 0.5) is 4.79 Å². The number of aliphatic carboxylic acids is 1. The van der Waals surface area contributed by atoms with Crippen LogP contribution in [0.5, 0.6) is 0 Å². The van der Waals surface area contributed by atoms with Gasteiger partial charge in [0.15, 0.2) is 0 Å². The van der Waals surface area contributed by atoms with Crippen LogP contribution in [0.15, 0.2) is 0 Å². The van der Waals surface area contributed by atoms with Crippen molar-refractivity contribution in [2.45, 2.75) is 25.8 Å². The number of urea groups is 1. The zero-order valence-electron chi connectivity index (χ0n) is 11.9. The van der Waals surface area contributed by atoms with Gasteiger partial charge in [-0.2, -0.15) is 0 Å². The van der Waals surface area contributed by atoms with Crippen molar-refractivity contribution in [3.8, 4) is 0 Å². The molecule has 0 aromatic carbocycles. The van der Waals surface area contributed by atoms with Gasteiger partial charge in [-0.05, 0) is 31.8 Å². The molecule has 7 heteroatoms. The molecule has 0 aromatic heterocycles. The third-order valence-corrected chi connectivity index (χ3v) is 4.81. The first-order chi connectivity index (χ1) is 9.58. The number of rotatable bonds is 5. The van der Waals surface area contributed by atoms with E-state index in [4.69, 9.17) is 5.11 Å². The predicted molar refractivity (Wildman–Crippen MR) is 78.8 cm³/mol. The largest absolute Gasteiger partial charge is 0.480 e. The molecule has 0 radical (unpaired) electrons. The first-order valence-electron chi connectivity index (χ1n) is 7.15. The molecule has 2 N–H and O–H groups in total. The van der Waals surface area contributed by atoms with E-state index in [1.165, 1.54) is 29.5 Å². The highest BCUT2D eigenvalue weighted by Gasteiger charge is 2.34. The van der Waals surface area contributed by atoms with Crippen LogP contribution in [-0.4, -0.2) is 70.8 Å². The Kier molecular flexibility index (Phi) is 5.54. The van der Waals surface area contributed by atoms with E-state index in [9.17, 15) is 9.59 Å². The second-order valence-corrected chi connectivity index (χ2v) is 6.62. The lowest BCUT2D eigenvalue weighted by Gasteiger charge is -2.24. The Labute approximate surface area is 123 Å². The SMILES string of the molecule is CC(CNC(=O)N1CSC[C@H]1C(=O)O)CN1CCCC1. The summed E-state index contributed by atoms with van der Waals surface area (Å²) in [4.78, 5) is 26.9. The maximum Gasteiger partial charge on any atom is 0.327 e. The number of likely N-dealkylation sites (tertiary alicyclic amines) is 1. The number of carboxylic acids is 1. The summed E-state index contributed by atoms with van der Waals surface area (Å²) in [6.07, 6.45) is 2.54. The summed E-state index contributed by atoms with van der Waals surface area (Å²) in [5.41, 5.74) is 0. The minimum atomic E-state index is -0.921. The molecule has 1 unspecified atom stereocenters. The molecule has 0 spiro atoms. The number of carbonyl (C=O) groups excluding carboxylic acids is 1. The van der Waals surface area contributed by atoms with Gasteiger partial charge in [-0.25, -0.2) is 9.59 Å². The first kappa shape index (κ1) is 15.4. The third-order valence-electron chi connectivity index (χ3n) is 3.80. The van der Waals surface area contributed by atoms with E-state index >= 15 is 0 Å². The fourth-order valence-corrected chi connectivity index (χ4v) is 3.83. The van der Waals surface area contributed by atoms with E-state index in [0.717, 1.165) is 19.6 Å². The number of thioether (sulfide) groups is 1. The van der Waals surface area contributed by atoms with E-state index in [-0.39, 0.29) is 6.03 Å². The summed E-state index contributed by atoms with van der Waals surface area (Å²) in [5, 5.41) is 11.9. The normalized spacial score (nSPS) is 24.9. The quantitative estimate of drug-likeness (QED) is 0.789. The predicted octanol–water partition coefficient (Wildman–Crippen LogP) is 0.887. The van der Waals surface area contributed by atoms with Gasteiger partial charge >= 0.3 is 12.0 Å². The van der Waals surface area contributed by atoms with Crippen LogP contribution in [0.2, 0.25) is 0 Å².